The van der Waals surface area contributed by atoms with Gasteiger partial charge in [0.15, 0.2) is 6.73 Å². The number of alkyl carbamates (subject to hydrolysis) is 1. The number of methoxy groups -OCH3 is 1. The molecule has 0 unspecified atom stereocenters. The average molecular weight is 281 g/mol. The van der Waals surface area contributed by atoms with Crippen LogP contribution in [0.4, 0.5) is 4.79 Å². The van der Waals surface area contributed by atoms with Crippen LogP contribution in [0.1, 0.15) is 31.1 Å². The number of amides is 1. The molecule has 0 aliphatic rings. The number of nitrogens with one attached hydrogen (secondary N) is 1. The maximum absolute atomic E-state index is 11.5. The zero-order chi connectivity index (χ0) is 15.2. The minimum absolute atomic E-state index is 0.108. The minimum atomic E-state index is -0.590. The summed E-state index contributed by atoms with van der Waals surface area (Å²) in [6.07, 6.45) is -0.590. The van der Waals surface area contributed by atoms with Gasteiger partial charge in [-0.25, -0.2) is 9.59 Å². The molecule has 110 valence electrons. The standard InChI is InChI=1S/C14H19NO5/c1-14(2,3)20-13(17)15-9-19-11-8-6-5-7-10(11)12(16)18-4/h5-8H,9H2,1-4H3,(H,15,17). The van der Waals surface area contributed by atoms with E-state index in [0.717, 1.165) is 0 Å². The fourth-order valence-corrected chi connectivity index (χ4v) is 1.36. The highest BCUT2D eigenvalue weighted by atomic mass is 16.6. The van der Waals surface area contributed by atoms with Crippen molar-refractivity contribution in [2.75, 3.05) is 13.8 Å². The van der Waals surface area contributed by atoms with E-state index in [2.05, 4.69) is 10.1 Å². The van der Waals surface area contributed by atoms with Gasteiger partial charge in [0.05, 0.1) is 7.11 Å². The molecule has 0 aliphatic heterocycles. The molecule has 1 rings (SSSR count). The van der Waals surface area contributed by atoms with Gasteiger partial charge >= 0.3 is 12.1 Å². The molecule has 0 fully saturated rings. The average Bonchev–Trinajstić information content (AvgIpc) is 2.36. The molecule has 0 saturated carbocycles. The summed E-state index contributed by atoms with van der Waals surface area (Å²) in [6.45, 7) is 5.18. The van der Waals surface area contributed by atoms with Crippen molar-refractivity contribution in [3.63, 3.8) is 0 Å². The summed E-state index contributed by atoms with van der Waals surface area (Å²) in [7, 11) is 1.29. The van der Waals surface area contributed by atoms with E-state index in [4.69, 9.17) is 9.47 Å². The van der Waals surface area contributed by atoms with Gasteiger partial charge in [0, 0.05) is 0 Å². The van der Waals surface area contributed by atoms with E-state index in [-0.39, 0.29) is 6.73 Å². The van der Waals surface area contributed by atoms with E-state index in [0.29, 0.717) is 11.3 Å². The zero-order valence-electron chi connectivity index (χ0n) is 12.1. The number of hydrogen-bond donors (Lipinski definition) is 1. The molecule has 6 nitrogen and oxygen atoms in total. The minimum Gasteiger partial charge on any atom is -0.472 e. The lowest BCUT2D eigenvalue weighted by Gasteiger charge is -2.19. The van der Waals surface area contributed by atoms with E-state index in [1.54, 1.807) is 45.0 Å². The van der Waals surface area contributed by atoms with Gasteiger partial charge in [0.25, 0.3) is 0 Å². The van der Waals surface area contributed by atoms with E-state index >= 15 is 0 Å². The third-order valence-electron chi connectivity index (χ3n) is 2.14. The summed E-state index contributed by atoms with van der Waals surface area (Å²) >= 11 is 0. The van der Waals surface area contributed by atoms with Gasteiger partial charge in [0.2, 0.25) is 0 Å². The van der Waals surface area contributed by atoms with Crippen LogP contribution in [0.15, 0.2) is 24.3 Å². The van der Waals surface area contributed by atoms with Crippen molar-refractivity contribution in [2.45, 2.75) is 26.4 Å². The Bertz CT molecular complexity index is 479. The number of benzene rings is 1. The predicted molar refractivity (Wildman–Crippen MR) is 72.6 cm³/mol. The molecule has 1 amide bonds. The molecule has 1 aromatic rings. The van der Waals surface area contributed by atoms with Crippen LogP contribution in [0.5, 0.6) is 5.75 Å². The molecule has 0 saturated heterocycles. The van der Waals surface area contributed by atoms with Crippen molar-refractivity contribution in [3.05, 3.63) is 29.8 Å². The van der Waals surface area contributed by atoms with Gasteiger partial charge in [-0.1, -0.05) is 12.1 Å². The fourth-order valence-electron chi connectivity index (χ4n) is 1.36. The molecule has 0 heterocycles. The molecule has 6 heteroatoms. The lowest BCUT2D eigenvalue weighted by molar-refractivity contribution is 0.0484. The SMILES string of the molecule is COC(=O)c1ccccc1OCNC(=O)OC(C)(C)C. The second kappa shape index (κ2) is 6.79. The lowest BCUT2D eigenvalue weighted by Crippen LogP contribution is -2.34. The summed E-state index contributed by atoms with van der Waals surface area (Å²) in [5, 5.41) is 2.44. The molecular formula is C14H19NO5. The second-order valence-corrected chi connectivity index (χ2v) is 4.96. The van der Waals surface area contributed by atoms with Crippen LogP contribution >= 0.6 is 0 Å². The maximum atomic E-state index is 11.5. The number of para-hydroxylation sites is 1. The number of hydrogen-bond acceptors (Lipinski definition) is 5. The smallest absolute Gasteiger partial charge is 0.410 e. The van der Waals surface area contributed by atoms with E-state index in [9.17, 15) is 9.59 Å². The highest BCUT2D eigenvalue weighted by Crippen LogP contribution is 2.18. The number of ether oxygens (including phenoxy) is 3. The Morgan fingerprint density at radius 1 is 1.20 bits per heavy atom. The monoisotopic (exact) mass is 281 g/mol. The summed E-state index contributed by atoms with van der Waals surface area (Å²) in [5.74, 6) is -0.173. The Hall–Kier alpha value is -2.24. The van der Waals surface area contributed by atoms with Crippen LogP contribution in [0, 0.1) is 0 Å². The third-order valence-corrected chi connectivity index (χ3v) is 2.14. The molecular weight excluding hydrogens is 262 g/mol. The van der Waals surface area contributed by atoms with Crippen molar-refractivity contribution >= 4 is 12.1 Å². The number of rotatable bonds is 4. The van der Waals surface area contributed by atoms with Crippen molar-refractivity contribution < 1.29 is 23.8 Å². The second-order valence-electron chi connectivity index (χ2n) is 4.96. The Kier molecular flexibility index (Phi) is 5.37. The number of carbonyl (C=O) groups is 2. The lowest BCUT2D eigenvalue weighted by atomic mass is 10.2. The van der Waals surface area contributed by atoms with E-state index < -0.39 is 17.7 Å². The number of carbonyl (C=O) groups excluding carboxylic acids is 2. The van der Waals surface area contributed by atoms with Crippen LogP contribution in [-0.2, 0) is 9.47 Å². The highest BCUT2D eigenvalue weighted by molar-refractivity contribution is 5.92. The van der Waals surface area contributed by atoms with Gasteiger partial charge in [-0.15, -0.1) is 0 Å². The van der Waals surface area contributed by atoms with Crippen LogP contribution < -0.4 is 10.1 Å². The predicted octanol–water partition coefficient (Wildman–Crippen LogP) is 2.33. The molecule has 0 radical (unpaired) electrons. The largest absolute Gasteiger partial charge is 0.472 e. The van der Waals surface area contributed by atoms with Crippen LogP contribution in [-0.4, -0.2) is 31.5 Å². The molecule has 0 aliphatic carbocycles. The van der Waals surface area contributed by atoms with Crippen molar-refractivity contribution in [2.24, 2.45) is 0 Å². The molecule has 0 aromatic heterocycles. The first-order valence-electron chi connectivity index (χ1n) is 6.10. The topological polar surface area (TPSA) is 73.9 Å². The first-order valence-corrected chi connectivity index (χ1v) is 6.10. The molecule has 1 aromatic carbocycles. The first kappa shape index (κ1) is 15.8. The Labute approximate surface area is 118 Å². The molecule has 20 heavy (non-hydrogen) atoms. The Morgan fingerprint density at radius 3 is 2.45 bits per heavy atom. The van der Waals surface area contributed by atoms with E-state index in [1.807, 2.05) is 0 Å². The maximum Gasteiger partial charge on any atom is 0.410 e. The van der Waals surface area contributed by atoms with Crippen molar-refractivity contribution in [1.82, 2.24) is 5.32 Å². The Balaban J connectivity index is 2.54. The molecule has 1 N–H and O–H groups in total. The summed E-state index contributed by atoms with van der Waals surface area (Å²) in [6, 6.07) is 6.60. The Morgan fingerprint density at radius 2 is 1.85 bits per heavy atom. The van der Waals surface area contributed by atoms with Gasteiger partial charge in [-0.2, -0.15) is 0 Å². The van der Waals surface area contributed by atoms with Gasteiger partial charge in [-0.05, 0) is 32.9 Å². The highest BCUT2D eigenvalue weighted by Gasteiger charge is 2.16. The van der Waals surface area contributed by atoms with Gasteiger partial charge in [0.1, 0.15) is 16.9 Å². The first-order chi connectivity index (χ1) is 9.33. The van der Waals surface area contributed by atoms with Gasteiger partial charge < -0.3 is 14.2 Å². The van der Waals surface area contributed by atoms with Gasteiger partial charge in [-0.3, -0.25) is 5.32 Å². The van der Waals surface area contributed by atoms with Crippen LogP contribution in [0.25, 0.3) is 0 Å². The van der Waals surface area contributed by atoms with Crippen LogP contribution in [0.2, 0.25) is 0 Å². The molecule has 0 bridgehead atoms. The van der Waals surface area contributed by atoms with Crippen molar-refractivity contribution in [3.8, 4) is 5.75 Å². The fraction of sp³-hybridized carbons (Fsp3) is 0.429. The summed E-state index contributed by atoms with van der Waals surface area (Å²) in [4.78, 5) is 22.9. The normalized spacial score (nSPS) is 10.6. The number of esters is 1. The molecule has 0 atom stereocenters. The molecule has 0 spiro atoms. The van der Waals surface area contributed by atoms with Crippen molar-refractivity contribution in [1.29, 1.82) is 0 Å². The summed E-state index contributed by atoms with van der Waals surface area (Å²) in [5.41, 5.74) is -0.283. The quantitative estimate of drug-likeness (QED) is 0.677. The zero-order valence-corrected chi connectivity index (χ0v) is 12.1. The van der Waals surface area contributed by atoms with E-state index in [1.165, 1.54) is 7.11 Å². The van der Waals surface area contributed by atoms with Crippen LogP contribution in [0.3, 0.4) is 0 Å². The summed E-state index contributed by atoms with van der Waals surface area (Å²) < 4.78 is 15.0. The third kappa shape index (κ3) is 5.17.